The lowest BCUT2D eigenvalue weighted by Gasteiger charge is -2.42. The minimum Gasteiger partial charge on any atom is -0.444 e. The van der Waals surface area contributed by atoms with Gasteiger partial charge in [0.15, 0.2) is 0 Å². The predicted octanol–water partition coefficient (Wildman–Crippen LogP) is 8.80. The van der Waals surface area contributed by atoms with Crippen molar-refractivity contribution in [2.45, 2.75) is 64.5 Å². The molecule has 0 spiro atoms. The van der Waals surface area contributed by atoms with E-state index < -0.39 is 5.60 Å². The van der Waals surface area contributed by atoms with Crippen LogP contribution in [-0.2, 0) is 22.4 Å². The molecule has 1 N–H and O–H groups in total. The standard InChI is InChI=1S/C44H48N4O4/c1-44(2,3)52-43(51)46-29-30-48(38(32-46)31-34-18-9-5-10-19-34)42(50)39-27-28-47(41(39)35-20-11-6-12-21-35)37-25-23-36(24-26-37)45-40(49)22-14-13-17-33-15-7-4-8-16-33/h4-12,15-16,18-21,23-28,38H,13-14,17,22,29-32H2,1-3H3,(H,45,49). The fourth-order valence-corrected chi connectivity index (χ4v) is 6.73. The van der Waals surface area contributed by atoms with Gasteiger partial charge in [0, 0.05) is 43.6 Å². The van der Waals surface area contributed by atoms with Gasteiger partial charge in [-0.15, -0.1) is 0 Å². The van der Waals surface area contributed by atoms with E-state index in [0.29, 0.717) is 38.0 Å². The fourth-order valence-electron chi connectivity index (χ4n) is 6.73. The van der Waals surface area contributed by atoms with Crippen molar-refractivity contribution in [2.24, 2.45) is 0 Å². The molecule has 1 aliphatic heterocycles. The van der Waals surface area contributed by atoms with E-state index in [-0.39, 0.29) is 23.9 Å². The highest BCUT2D eigenvalue weighted by atomic mass is 16.6. The van der Waals surface area contributed by atoms with Crippen LogP contribution in [0.4, 0.5) is 10.5 Å². The van der Waals surface area contributed by atoms with Crippen LogP contribution >= 0.6 is 0 Å². The fraction of sp³-hybridized carbons (Fsp3) is 0.295. The normalized spacial score (nSPS) is 14.6. The quantitative estimate of drug-likeness (QED) is 0.140. The first-order chi connectivity index (χ1) is 25.1. The van der Waals surface area contributed by atoms with Gasteiger partial charge >= 0.3 is 6.09 Å². The summed E-state index contributed by atoms with van der Waals surface area (Å²) >= 11 is 0. The van der Waals surface area contributed by atoms with Crippen molar-refractivity contribution < 1.29 is 19.1 Å². The van der Waals surface area contributed by atoms with Gasteiger partial charge in [-0.1, -0.05) is 91.0 Å². The highest BCUT2D eigenvalue weighted by Gasteiger charge is 2.36. The molecular formula is C44H48N4O4. The summed E-state index contributed by atoms with van der Waals surface area (Å²) in [7, 11) is 0. The first kappa shape index (κ1) is 36.2. The van der Waals surface area contributed by atoms with Crippen molar-refractivity contribution in [1.82, 2.24) is 14.4 Å². The SMILES string of the molecule is CC(C)(C)OC(=O)N1CCN(C(=O)c2ccn(-c3ccc(NC(=O)CCCCc4ccccc4)cc3)c2-c2ccccc2)C(Cc2ccccc2)C1. The summed E-state index contributed by atoms with van der Waals surface area (Å²) in [5.41, 5.74) is 5.65. The molecule has 0 aliphatic carbocycles. The van der Waals surface area contributed by atoms with E-state index in [4.69, 9.17) is 4.74 Å². The number of hydrogen-bond acceptors (Lipinski definition) is 4. The monoisotopic (exact) mass is 696 g/mol. The molecule has 8 nitrogen and oxygen atoms in total. The van der Waals surface area contributed by atoms with E-state index in [1.807, 2.05) is 133 Å². The third-order valence-corrected chi connectivity index (χ3v) is 9.26. The predicted molar refractivity (Wildman–Crippen MR) is 207 cm³/mol. The Bertz CT molecular complexity index is 1930. The molecule has 268 valence electrons. The minimum absolute atomic E-state index is 0.00328. The molecule has 1 aliphatic rings. The molecule has 8 heteroatoms. The summed E-state index contributed by atoms with van der Waals surface area (Å²) in [5, 5.41) is 3.03. The number of rotatable bonds is 11. The molecule has 1 aromatic heterocycles. The Labute approximate surface area is 307 Å². The Hall–Kier alpha value is -5.63. The average molecular weight is 697 g/mol. The number of carbonyl (C=O) groups is 3. The van der Waals surface area contributed by atoms with Crippen molar-refractivity contribution in [3.05, 3.63) is 144 Å². The van der Waals surface area contributed by atoms with Crippen LogP contribution in [0.25, 0.3) is 16.9 Å². The molecule has 3 amide bonds. The molecular weight excluding hydrogens is 649 g/mol. The molecule has 5 aromatic rings. The van der Waals surface area contributed by atoms with E-state index in [0.717, 1.165) is 47.5 Å². The van der Waals surface area contributed by atoms with Gasteiger partial charge < -0.3 is 24.4 Å². The molecule has 52 heavy (non-hydrogen) atoms. The number of anilines is 1. The van der Waals surface area contributed by atoms with Crippen molar-refractivity contribution >= 4 is 23.6 Å². The molecule has 4 aromatic carbocycles. The van der Waals surface area contributed by atoms with Crippen LogP contribution in [0.3, 0.4) is 0 Å². The molecule has 0 bridgehead atoms. The second-order valence-corrected chi connectivity index (χ2v) is 14.4. The van der Waals surface area contributed by atoms with Crippen LogP contribution in [-0.4, -0.2) is 63.6 Å². The van der Waals surface area contributed by atoms with Crippen LogP contribution in [0.5, 0.6) is 0 Å². The van der Waals surface area contributed by atoms with Gasteiger partial charge in [-0.05, 0) is 93.5 Å². The number of unbranched alkanes of at least 4 members (excludes halogenated alkanes) is 1. The largest absolute Gasteiger partial charge is 0.444 e. The molecule has 1 atom stereocenters. The van der Waals surface area contributed by atoms with Gasteiger partial charge in [0.05, 0.1) is 17.3 Å². The van der Waals surface area contributed by atoms with Gasteiger partial charge in [0.2, 0.25) is 5.91 Å². The molecule has 0 radical (unpaired) electrons. The molecule has 1 unspecified atom stereocenters. The summed E-state index contributed by atoms with van der Waals surface area (Å²) < 4.78 is 7.74. The zero-order chi connectivity index (χ0) is 36.5. The van der Waals surface area contributed by atoms with Gasteiger partial charge in [0.1, 0.15) is 5.60 Å². The number of aromatic nitrogens is 1. The zero-order valence-electron chi connectivity index (χ0n) is 30.3. The number of carbonyl (C=O) groups excluding carboxylic acids is 3. The highest BCUT2D eigenvalue weighted by Crippen LogP contribution is 2.31. The maximum atomic E-state index is 14.6. The summed E-state index contributed by atoms with van der Waals surface area (Å²) in [6.07, 6.45) is 5.38. The summed E-state index contributed by atoms with van der Waals surface area (Å²) in [6.45, 7) is 6.72. The molecule has 1 saturated heterocycles. The Morgan fingerprint density at radius 1 is 0.750 bits per heavy atom. The Balaban J connectivity index is 1.20. The van der Waals surface area contributed by atoms with Crippen molar-refractivity contribution in [3.8, 4) is 16.9 Å². The average Bonchev–Trinajstić information content (AvgIpc) is 3.59. The lowest BCUT2D eigenvalue weighted by molar-refractivity contribution is -0.116. The maximum absolute atomic E-state index is 14.6. The number of ether oxygens (including phenoxy) is 1. The second kappa shape index (κ2) is 16.6. The number of nitrogens with one attached hydrogen (secondary N) is 1. The van der Waals surface area contributed by atoms with Crippen molar-refractivity contribution in [2.75, 3.05) is 25.0 Å². The van der Waals surface area contributed by atoms with Crippen LogP contribution in [0.1, 0.15) is 61.5 Å². The summed E-state index contributed by atoms with van der Waals surface area (Å²) in [6, 6.07) is 39.7. The second-order valence-electron chi connectivity index (χ2n) is 14.4. The van der Waals surface area contributed by atoms with E-state index in [2.05, 4.69) is 29.6 Å². The number of hydrogen-bond donors (Lipinski definition) is 1. The van der Waals surface area contributed by atoms with E-state index in [9.17, 15) is 14.4 Å². The van der Waals surface area contributed by atoms with Crippen LogP contribution in [0.2, 0.25) is 0 Å². The van der Waals surface area contributed by atoms with Crippen LogP contribution in [0, 0.1) is 0 Å². The summed E-state index contributed by atoms with van der Waals surface area (Å²) in [5.74, 6) is -0.0880. The number of nitrogens with zero attached hydrogens (tertiary/aromatic N) is 3. The first-order valence-corrected chi connectivity index (χ1v) is 18.2. The Morgan fingerprint density at radius 2 is 1.38 bits per heavy atom. The van der Waals surface area contributed by atoms with E-state index in [1.165, 1.54) is 5.56 Å². The smallest absolute Gasteiger partial charge is 0.410 e. The zero-order valence-corrected chi connectivity index (χ0v) is 30.3. The minimum atomic E-state index is -0.612. The van der Waals surface area contributed by atoms with Gasteiger partial charge in [-0.2, -0.15) is 0 Å². The van der Waals surface area contributed by atoms with Gasteiger partial charge in [-0.3, -0.25) is 9.59 Å². The van der Waals surface area contributed by atoms with Gasteiger partial charge in [0.25, 0.3) is 5.91 Å². The van der Waals surface area contributed by atoms with Crippen LogP contribution in [0.15, 0.2) is 128 Å². The third-order valence-electron chi connectivity index (χ3n) is 9.26. The van der Waals surface area contributed by atoms with Crippen LogP contribution < -0.4 is 5.32 Å². The van der Waals surface area contributed by atoms with Crippen molar-refractivity contribution in [3.63, 3.8) is 0 Å². The number of piperazine rings is 1. The lowest BCUT2D eigenvalue weighted by Crippen LogP contribution is -2.57. The first-order valence-electron chi connectivity index (χ1n) is 18.2. The Morgan fingerprint density at radius 3 is 2.04 bits per heavy atom. The number of benzene rings is 4. The molecule has 2 heterocycles. The number of amides is 3. The summed E-state index contributed by atoms with van der Waals surface area (Å²) in [4.78, 5) is 44.1. The van der Waals surface area contributed by atoms with Crippen molar-refractivity contribution in [1.29, 1.82) is 0 Å². The van der Waals surface area contributed by atoms with E-state index >= 15 is 0 Å². The Kier molecular flexibility index (Phi) is 11.5. The lowest BCUT2D eigenvalue weighted by atomic mass is 10.00. The van der Waals surface area contributed by atoms with E-state index in [1.54, 1.807) is 4.90 Å². The molecule has 0 saturated carbocycles. The molecule has 1 fully saturated rings. The molecule has 6 rings (SSSR count). The third kappa shape index (κ3) is 9.37. The van der Waals surface area contributed by atoms with Gasteiger partial charge in [-0.25, -0.2) is 4.79 Å². The topological polar surface area (TPSA) is 83.9 Å². The maximum Gasteiger partial charge on any atom is 0.410 e. The number of aryl methyl sites for hydroxylation is 1. The highest BCUT2D eigenvalue weighted by molar-refractivity contribution is 6.01.